The van der Waals surface area contributed by atoms with E-state index in [1.165, 1.54) is 12.1 Å². The lowest BCUT2D eigenvalue weighted by Crippen LogP contribution is -2.24. The van der Waals surface area contributed by atoms with Crippen LogP contribution in [0.15, 0.2) is 54.6 Å². The van der Waals surface area contributed by atoms with Crippen molar-refractivity contribution in [2.24, 2.45) is 0 Å². The van der Waals surface area contributed by atoms with Crippen LogP contribution in [0.1, 0.15) is 23.1 Å². The second-order valence-electron chi connectivity index (χ2n) is 5.19. The fraction of sp³-hybridized carbons (Fsp3) is 0.211. The van der Waals surface area contributed by atoms with Crippen LogP contribution in [0.3, 0.4) is 0 Å². The second-order valence-corrected chi connectivity index (χ2v) is 5.19. The van der Waals surface area contributed by atoms with Gasteiger partial charge in [0.15, 0.2) is 0 Å². The van der Waals surface area contributed by atoms with Crippen LogP contribution in [0, 0.1) is 5.82 Å². The van der Waals surface area contributed by atoms with Crippen molar-refractivity contribution < 1.29 is 19.0 Å². The molecule has 1 amide bonds. The molecule has 0 unspecified atom stereocenters. The molecule has 126 valence electrons. The molecule has 0 saturated carbocycles. The maximum absolute atomic E-state index is 13.6. The third kappa shape index (κ3) is 5.85. The molecule has 2 rings (SSSR count). The van der Waals surface area contributed by atoms with Crippen molar-refractivity contribution in [2.75, 3.05) is 6.54 Å². The van der Waals surface area contributed by atoms with E-state index in [4.69, 9.17) is 9.84 Å². The number of benzene rings is 2. The highest BCUT2D eigenvalue weighted by atomic mass is 19.1. The predicted octanol–water partition coefficient (Wildman–Crippen LogP) is 3.65. The van der Waals surface area contributed by atoms with E-state index in [0.717, 1.165) is 5.56 Å². The number of ether oxygens (including phenoxy) is 1. The molecular formula is C19H20FNO3. The number of hydrogen-bond donors (Lipinski definition) is 2. The van der Waals surface area contributed by atoms with Crippen LogP contribution in [0.4, 0.5) is 9.18 Å². The summed E-state index contributed by atoms with van der Waals surface area (Å²) in [4.78, 5) is 11.5. The highest BCUT2D eigenvalue weighted by molar-refractivity contribution is 5.67. The molecule has 0 fully saturated rings. The molecule has 0 heterocycles. The van der Waals surface area contributed by atoms with Gasteiger partial charge in [-0.05, 0) is 29.7 Å². The quantitative estimate of drug-likeness (QED) is 0.762. The van der Waals surface area contributed by atoms with Gasteiger partial charge in [-0.1, -0.05) is 48.6 Å². The van der Waals surface area contributed by atoms with E-state index < -0.39 is 6.09 Å². The van der Waals surface area contributed by atoms with Gasteiger partial charge in [0.05, 0.1) is 6.61 Å². The predicted molar refractivity (Wildman–Crippen MR) is 90.6 cm³/mol. The Labute approximate surface area is 140 Å². The van der Waals surface area contributed by atoms with Crippen LogP contribution in [0.5, 0.6) is 0 Å². The number of halogens is 1. The lowest BCUT2D eigenvalue weighted by atomic mass is 10.1. The number of carbonyl (C=O) groups is 1. The summed E-state index contributed by atoms with van der Waals surface area (Å²) in [7, 11) is 0. The molecule has 0 aliphatic rings. The fourth-order valence-electron chi connectivity index (χ4n) is 2.06. The number of alkyl carbamates (subject to hydrolysis) is 1. The van der Waals surface area contributed by atoms with Crippen LogP contribution >= 0.6 is 0 Å². The zero-order chi connectivity index (χ0) is 17.2. The third-order valence-corrected chi connectivity index (χ3v) is 3.33. The van der Waals surface area contributed by atoms with Crippen LogP contribution < -0.4 is 5.32 Å². The summed E-state index contributed by atoms with van der Waals surface area (Å²) < 4.78 is 18.7. The Kier molecular flexibility index (Phi) is 6.98. The maximum atomic E-state index is 13.6. The minimum atomic E-state index is -0.485. The normalized spacial score (nSPS) is 10.8. The SMILES string of the molecule is O=C(NCCC=Cc1cc(CO)ccc1F)OCc1ccccc1. The molecule has 2 aromatic carbocycles. The maximum Gasteiger partial charge on any atom is 0.407 e. The lowest BCUT2D eigenvalue weighted by molar-refractivity contribution is 0.140. The van der Waals surface area contributed by atoms with Gasteiger partial charge in [0.2, 0.25) is 0 Å². The second kappa shape index (κ2) is 9.47. The van der Waals surface area contributed by atoms with E-state index in [-0.39, 0.29) is 19.0 Å². The molecule has 0 aromatic heterocycles. The number of aliphatic hydroxyl groups excluding tert-OH is 1. The molecule has 0 saturated heterocycles. The molecule has 0 atom stereocenters. The highest BCUT2D eigenvalue weighted by Crippen LogP contribution is 2.12. The van der Waals surface area contributed by atoms with Crippen LogP contribution in [0.2, 0.25) is 0 Å². The molecule has 0 spiro atoms. The van der Waals surface area contributed by atoms with Crippen molar-refractivity contribution in [1.29, 1.82) is 0 Å². The molecular weight excluding hydrogens is 309 g/mol. The first-order valence-corrected chi connectivity index (χ1v) is 7.69. The summed E-state index contributed by atoms with van der Waals surface area (Å²) in [6, 6.07) is 13.9. The van der Waals surface area contributed by atoms with Crippen molar-refractivity contribution in [3.8, 4) is 0 Å². The molecule has 2 aromatic rings. The standard InChI is InChI=1S/C19H20FNO3/c20-18-10-9-16(13-22)12-17(18)8-4-5-11-21-19(23)24-14-15-6-2-1-3-7-15/h1-4,6-10,12,22H,5,11,13-14H2,(H,21,23). The van der Waals surface area contributed by atoms with Gasteiger partial charge in [-0.15, -0.1) is 0 Å². The number of amides is 1. The van der Waals surface area contributed by atoms with E-state index in [0.29, 0.717) is 24.1 Å². The highest BCUT2D eigenvalue weighted by Gasteiger charge is 2.02. The van der Waals surface area contributed by atoms with Crippen molar-refractivity contribution in [2.45, 2.75) is 19.6 Å². The van der Waals surface area contributed by atoms with E-state index in [1.54, 1.807) is 18.2 Å². The average molecular weight is 329 g/mol. The minimum absolute atomic E-state index is 0.129. The zero-order valence-corrected chi connectivity index (χ0v) is 13.2. The molecule has 0 aliphatic heterocycles. The van der Waals surface area contributed by atoms with Gasteiger partial charge >= 0.3 is 6.09 Å². The van der Waals surface area contributed by atoms with E-state index in [9.17, 15) is 9.18 Å². The van der Waals surface area contributed by atoms with Crippen molar-refractivity contribution in [3.63, 3.8) is 0 Å². The van der Waals surface area contributed by atoms with Crippen molar-refractivity contribution >= 4 is 12.2 Å². The Morgan fingerprint density at radius 1 is 1.17 bits per heavy atom. The van der Waals surface area contributed by atoms with Crippen LogP contribution in [-0.4, -0.2) is 17.7 Å². The summed E-state index contributed by atoms with van der Waals surface area (Å²) >= 11 is 0. The summed E-state index contributed by atoms with van der Waals surface area (Å²) in [5.41, 5.74) is 1.98. The zero-order valence-electron chi connectivity index (χ0n) is 13.2. The van der Waals surface area contributed by atoms with Gasteiger partial charge in [0.25, 0.3) is 0 Å². The number of aliphatic hydroxyl groups is 1. The Bertz CT molecular complexity index is 686. The molecule has 2 N–H and O–H groups in total. The molecule has 24 heavy (non-hydrogen) atoms. The number of nitrogens with one attached hydrogen (secondary N) is 1. The fourth-order valence-corrected chi connectivity index (χ4v) is 2.06. The Morgan fingerprint density at radius 3 is 2.71 bits per heavy atom. The monoisotopic (exact) mass is 329 g/mol. The van der Waals surface area contributed by atoms with Crippen molar-refractivity contribution in [1.82, 2.24) is 5.32 Å². The number of carbonyl (C=O) groups excluding carboxylic acids is 1. The van der Waals surface area contributed by atoms with Gasteiger partial charge in [-0.2, -0.15) is 0 Å². The summed E-state index contributed by atoms with van der Waals surface area (Å²) in [5, 5.41) is 11.7. The molecule has 0 radical (unpaired) electrons. The first-order chi connectivity index (χ1) is 11.7. The minimum Gasteiger partial charge on any atom is -0.445 e. The molecule has 4 nitrogen and oxygen atoms in total. The molecule has 5 heteroatoms. The van der Waals surface area contributed by atoms with Crippen LogP contribution in [0.25, 0.3) is 6.08 Å². The van der Waals surface area contributed by atoms with Crippen LogP contribution in [-0.2, 0) is 18.0 Å². The first-order valence-electron chi connectivity index (χ1n) is 7.69. The first kappa shape index (κ1) is 17.7. The Morgan fingerprint density at radius 2 is 1.96 bits per heavy atom. The van der Waals surface area contributed by atoms with E-state index >= 15 is 0 Å². The molecule has 0 bridgehead atoms. The van der Waals surface area contributed by atoms with E-state index in [2.05, 4.69) is 5.32 Å². The molecule has 0 aliphatic carbocycles. The van der Waals surface area contributed by atoms with Gasteiger partial charge in [-0.25, -0.2) is 9.18 Å². The largest absolute Gasteiger partial charge is 0.445 e. The smallest absolute Gasteiger partial charge is 0.407 e. The lowest BCUT2D eigenvalue weighted by Gasteiger charge is -2.06. The van der Waals surface area contributed by atoms with Gasteiger partial charge in [-0.3, -0.25) is 0 Å². The number of hydrogen-bond acceptors (Lipinski definition) is 3. The van der Waals surface area contributed by atoms with Crippen molar-refractivity contribution in [3.05, 3.63) is 77.1 Å². The van der Waals surface area contributed by atoms with E-state index in [1.807, 2.05) is 30.3 Å². The van der Waals surface area contributed by atoms with Gasteiger partial charge in [0.1, 0.15) is 12.4 Å². The summed E-state index contributed by atoms with van der Waals surface area (Å²) in [5.74, 6) is -0.348. The number of rotatable bonds is 7. The Balaban J connectivity index is 1.69. The summed E-state index contributed by atoms with van der Waals surface area (Å²) in [6.45, 7) is 0.489. The van der Waals surface area contributed by atoms with Gasteiger partial charge < -0.3 is 15.2 Å². The third-order valence-electron chi connectivity index (χ3n) is 3.33. The topological polar surface area (TPSA) is 58.6 Å². The van der Waals surface area contributed by atoms with Gasteiger partial charge in [0, 0.05) is 12.1 Å². The Hall–Kier alpha value is -2.66. The average Bonchev–Trinajstić information content (AvgIpc) is 2.62. The summed E-state index contributed by atoms with van der Waals surface area (Å²) in [6.07, 6.45) is 3.45.